The Morgan fingerprint density at radius 3 is 2.28 bits per heavy atom. The first-order valence-corrected chi connectivity index (χ1v) is 10.4. The molecule has 0 saturated carbocycles. The summed E-state index contributed by atoms with van der Waals surface area (Å²) in [7, 11) is -3.85. The molecule has 0 aliphatic heterocycles. The highest BCUT2D eigenvalue weighted by Crippen LogP contribution is 2.25. The number of carbonyl (C=O) groups excluding carboxylic acids is 1. The number of hydrogen-bond acceptors (Lipinski definition) is 3. The van der Waals surface area contributed by atoms with Gasteiger partial charge in [0.15, 0.2) is 0 Å². The normalized spacial score (nSPS) is 11.5. The Kier molecular flexibility index (Phi) is 6.24. The quantitative estimate of drug-likeness (QED) is 0.524. The van der Waals surface area contributed by atoms with E-state index in [9.17, 15) is 17.6 Å². The van der Waals surface area contributed by atoms with Crippen molar-refractivity contribution in [2.45, 2.75) is 11.8 Å². The highest BCUT2D eigenvalue weighted by Gasteiger charge is 2.24. The van der Waals surface area contributed by atoms with Crippen LogP contribution in [0.5, 0.6) is 0 Å². The van der Waals surface area contributed by atoms with Gasteiger partial charge in [0, 0.05) is 5.56 Å². The van der Waals surface area contributed by atoms with E-state index in [0.717, 1.165) is 11.1 Å². The lowest BCUT2D eigenvalue weighted by Crippen LogP contribution is -2.31. The van der Waals surface area contributed by atoms with Crippen molar-refractivity contribution < 1.29 is 17.6 Å². The van der Waals surface area contributed by atoms with Crippen LogP contribution in [0.4, 0.5) is 10.1 Å². The van der Waals surface area contributed by atoms with E-state index in [2.05, 4.69) is 0 Å². The van der Waals surface area contributed by atoms with Crippen LogP contribution in [-0.2, 0) is 10.0 Å². The molecule has 0 bridgehead atoms. The fourth-order valence-electron chi connectivity index (χ4n) is 2.79. The number of hydrogen-bond donors (Lipinski definition) is 0. The van der Waals surface area contributed by atoms with Gasteiger partial charge in [-0.2, -0.15) is 0 Å². The van der Waals surface area contributed by atoms with Crippen LogP contribution in [0.3, 0.4) is 0 Å². The monoisotopic (exact) mass is 409 g/mol. The SMILES string of the molecule is Cc1ccc(S(=O)(=O)N(CC=Cc2ccc(F)cc2)c2cccc(C=O)c2)cc1. The second kappa shape index (κ2) is 8.84. The van der Waals surface area contributed by atoms with Crippen molar-refractivity contribution in [1.82, 2.24) is 0 Å². The molecular weight excluding hydrogens is 389 g/mol. The van der Waals surface area contributed by atoms with Gasteiger partial charge in [-0.05, 0) is 48.9 Å². The summed E-state index contributed by atoms with van der Waals surface area (Å²) in [4.78, 5) is 11.3. The molecule has 3 rings (SSSR count). The Labute approximate surface area is 170 Å². The number of benzene rings is 3. The molecule has 6 heteroatoms. The number of aldehydes is 1. The van der Waals surface area contributed by atoms with E-state index in [0.29, 0.717) is 17.5 Å². The Morgan fingerprint density at radius 1 is 0.931 bits per heavy atom. The van der Waals surface area contributed by atoms with Gasteiger partial charge in [0.05, 0.1) is 17.1 Å². The first kappa shape index (κ1) is 20.5. The number of carbonyl (C=O) groups is 1. The van der Waals surface area contributed by atoms with E-state index in [1.54, 1.807) is 66.7 Å². The topological polar surface area (TPSA) is 54.5 Å². The van der Waals surface area contributed by atoms with Crippen LogP contribution in [-0.4, -0.2) is 21.2 Å². The van der Waals surface area contributed by atoms with E-state index in [4.69, 9.17) is 0 Å². The van der Waals surface area contributed by atoms with Gasteiger partial charge in [0.2, 0.25) is 0 Å². The maximum Gasteiger partial charge on any atom is 0.264 e. The lowest BCUT2D eigenvalue weighted by Gasteiger charge is -2.23. The zero-order valence-corrected chi connectivity index (χ0v) is 16.6. The molecular formula is C23H20FNO3S. The summed E-state index contributed by atoms with van der Waals surface area (Å²) in [5.41, 5.74) is 2.48. The minimum atomic E-state index is -3.85. The molecule has 148 valence electrons. The summed E-state index contributed by atoms with van der Waals surface area (Å²) < 4.78 is 40.9. The van der Waals surface area contributed by atoms with Gasteiger partial charge >= 0.3 is 0 Å². The summed E-state index contributed by atoms with van der Waals surface area (Å²) in [6.45, 7) is 1.93. The lowest BCUT2D eigenvalue weighted by molar-refractivity contribution is 0.112. The summed E-state index contributed by atoms with van der Waals surface area (Å²) in [6.07, 6.45) is 4.09. The zero-order chi connectivity index (χ0) is 20.9. The van der Waals surface area contributed by atoms with Crippen LogP contribution in [0.1, 0.15) is 21.5 Å². The minimum Gasteiger partial charge on any atom is -0.298 e. The number of aryl methyl sites for hydroxylation is 1. The zero-order valence-electron chi connectivity index (χ0n) is 15.8. The molecule has 3 aromatic carbocycles. The molecule has 0 aliphatic rings. The number of rotatable bonds is 7. The van der Waals surface area contributed by atoms with Crippen molar-refractivity contribution in [2.24, 2.45) is 0 Å². The van der Waals surface area contributed by atoms with Gasteiger partial charge in [0.25, 0.3) is 10.0 Å². The molecule has 0 N–H and O–H groups in total. The molecule has 0 spiro atoms. The van der Waals surface area contributed by atoms with Crippen LogP contribution in [0.25, 0.3) is 6.08 Å². The Hall–Kier alpha value is -3.25. The van der Waals surface area contributed by atoms with Crippen LogP contribution >= 0.6 is 0 Å². The van der Waals surface area contributed by atoms with Crippen LogP contribution < -0.4 is 4.31 Å². The summed E-state index contributed by atoms with van der Waals surface area (Å²) in [5.74, 6) is -0.337. The third-order valence-corrected chi connectivity index (χ3v) is 6.16. The molecule has 3 aromatic rings. The molecule has 0 atom stereocenters. The van der Waals surface area contributed by atoms with Crippen molar-refractivity contribution >= 4 is 28.1 Å². The fraction of sp³-hybridized carbons (Fsp3) is 0.0870. The van der Waals surface area contributed by atoms with E-state index < -0.39 is 10.0 Å². The average Bonchev–Trinajstić information content (AvgIpc) is 2.72. The molecule has 0 radical (unpaired) electrons. The fourth-order valence-corrected chi connectivity index (χ4v) is 4.20. The van der Waals surface area contributed by atoms with E-state index in [1.807, 2.05) is 6.92 Å². The predicted molar refractivity (Wildman–Crippen MR) is 113 cm³/mol. The molecule has 0 unspecified atom stereocenters. The lowest BCUT2D eigenvalue weighted by atomic mass is 10.2. The maximum atomic E-state index is 13.3. The van der Waals surface area contributed by atoms with E-state index >= 15 is 0 Å². The number of anilines is 1. The van der Waals surface area contributed by atoms with Crippen LogP contribution in [0, 0.1) is 12.7 Å². The number of nitrogens with zero attached hydrogens (tertiary/aromatic N) is 1. The van der Waals surface area contributed by atoms with Gasteiger partial charge in [-0.25, -0.2) is 12.8 Å². The van der Waals surface area contributed by atoms with Gasteiger partial charge in [0.1, 0.15) is 12.1 Å². The predicted octanol–water partition coefficient (Wildman–Crippen LogP) is 4.86. The minimum absolute atomic E-state index is 0.0515. The smallest absolute Gasteiger partial charge is 0.264 e. The molecule has 4 nitrogen and oxygen atoms in total. The highest BCUT2D eigenvalue weighted by atomic mass is 32.2. The Balaban J connectivity index is 1.97. The van der Waals surface area contributed by atoms with Crippen molar-refractivity contribution in [3.63, 3.8) is 0 Å². The van der Waals surface area contributed by atoms with Gasteiger partial charge < -0.3 is 0 Å². The number of sulfonamides is 1. The van der Waals surface area contributed by atoms with Crippen molar-refractivity contribution in [3.8, 4) is 0 Å². The molecule has 0 aliphatic carbocycles. The Bertz CT molecular complexity index is 1120. The number of halogens is 1. The molecule has 29 heavy (non-hydrogen) atoms. The summed E-state index contributed by atoms with van der Waals surface area (Å²) in [6, 6.07) is 18.9. The van der Waals surface area contributed by atoms with E-state index in [1.165, 1.54) is 22.5 Å². The average molecular weight is 409 g/mol. The molecule has 0 heterocycles. The second-order valence-electron chi connectivity index (χ2n) is 6.52. The molecule has 0 aromatic heterocycles. The first-order valence-electron chi connectivity index (χ1n) is 8.97. The van der Waals surface area contributed by atoms with Gasteiger partial charge in [-0.15, -0.1) is 0 Å². The Morgan fingerprint density at radius 2 is 1.62 bits per heavy atom. The maximum absolute atomic E-state index is 13.3. The molecule has 0 saturated heterocycles. The second-order valence-corrected chi connectivity index (χ2v) is 8.38. The standard InChI is InChI=1S/C23H20FNO3S/c1-18-7-13-23(14-8-18)29(27,28)25(22-6-2-4-20(16-22)17-26)15-3-5-19-9-11-21(24)12-10-19/h2-14,16-17H,15H2,1H3. The third kappa shape index (κ3) is 4.97. The summed E-state index contributed by atoms with van der Waals surface area (Å²) >= 11 is 0. The van der Waals surface area contributed by atoms with Gasteiger partial charge in [-0.3, -0.25) is 9.10 Å². The third-order valence-electron chi connectivity index (χ3n) is 4.35. The highest BCUT2D eigenvalue weighted by molar-refractivity contribution is 7.92. The first-order chi connectivity index (χ1) is 13.9. The van der Waals surface area contributed by atoms with E-state index in [-0.39, 0.29) is 17.3 Å². The van der Waals surface area contributed by atoms with Crippen molar-refractivity contribution in [2.75, 3.05) is 10.8 Å². The largest absolute Gasteiger partial charge is 0.298 e. The molecule has 0 fully saturated rings. The summed E-state index contributed by atoms with van der Waals surface area (Å²) in [5, 5.41) is 0. The van der Waals surface area contributed by atoms with Crippen molar-refractivity contribution in [3.05, 3.63) is 101 Å². The van der Waals surface area contributed by atoms with Crippen LogP contribution in [0.2, 0.25) is 0 Å². The van der Waals surface area contributed by atoms with Gasteiger partial charge in [-0.1, -0.05) is 54.1 Å². The van der Waals surface area contributed by atoms with Crippen LogP contribution in [0.15, 0.2) is 83.8 Å². The van der Waals surface area contributed by atoms with Crippen molar-refractivity contribution in [1.29, 1.82) is 0 Å². The molecule has 0 amide bonds.